The smallest absolute Gasteiger partial charge is 0.0537 e. The van der Waals surface area contributed by atoms with Gasteiger partial charge < -0.3 is 5.01 Å². The van der Waals surface area contributed by atoms with E-state index in [1.54, 1.807) is 0 Å². The standard InChI is InChI=1S/C6H8N2/c1-2-4-7(3-1)8-5-6-8/h1-4H,5-6H2. The summed E-state index contributed by atoms with van der Waals surface area (Å²) in [5.74, 6) is 0. The average Bonchev–Trinajstić information content (AvgIpc) is 2.49. The van der Waals surface area contributed by atoms with Crippen LogP contribution in [0.15, 0.2) is 24.5 Å². The van der Waals surface area contributed by atoms with Gasteiger partial charge in [0.25, 0.3) is 0 Å². The Morgan fingerprint density at radius 1 is 1.00 bits per heavy atom. The summed E-state index contributed by atoms with van der Waals surface area (Å²) < 4.78 is 2.11. The summed E-state index contributed by atoms with van der Waals surface area (Å²) in [4.78, 5) is 0. The number of hydrogen-bond donors (Lipinski definition) is 0. The molecule has 0 unspecified atom stereocenters. The van der Waals surface area contributed by atoms with Crippen LogP contribution in [0.5, 0.6) is 0 Å². The van der Waals surface area contributed by atoms with Crippen molar-refractivity contribution in [1.82, 2.24) is 4.68 Å². The van der Waals surface area contributed by atoms with Gasteiger partial charge in [0, 0.05) is 12.4 Å². The highest BCUT2D eigenvalue weighted by atomic mass is 15.6. The predicted molar refractivity (Wildman–Crippen MR) is 32.4 cm³/mol. The Morgan fingerprint density at radius 2 is 1.62 bits per heavy atom. The lowest BCUT2D eigenvalue weighted by atomic mass is 10.7. The molecule has 2 heteroatoms. The van der Waals surface area contributed by atoms with Gasteiger partial charge in [-0.25, -0.2) is 0 Å². The van der Waals surface area contributed by atoms with Gasteiger partial charge in [0.1, 0.15) is 0 Å². The van der Waals surface area contributed by atoms with Gasteiger partial charge in [0.15, 0.2) is 0 Å². The van der Waals surface area contributed by atoms with E-state index in [1.165, 1.54) is 13.1 Å². The van der Waals surface area contributed by atoms with E-state index in [9.17, 15) is 0 Å². The Labute approximate surface area is 48.3 Å². The first-order valence-electron chi connectivity index (χ1n) is 2.85. The van der Waals surface area contributed by atoms with Crippen LogP contribution in [0.4, 0.5) is 0 Å². The fourth-order valence-corrected chi connectivity index (χ4v) is 0.790. The van der Waals surface area contributed by atoms with Gasteiger partial charge in [-0.15, -0.1) is 0 Å². The molecule has 1 aliphatic heterocycles. The van der Waals surface area contributed by atoms with Crippen molar-refractivity contribution >= 4 is 0 Å². The Kier molecular flexibility index (Phi) is 0.640. The molecular formula is C6H8N2. The zero-order chi connectivity index (χ0) is 5.40. The second-order valence-corrected chi connectivity index (χ2v) is 2.02. The number of nitrogens with zero attached hydrogens (tertiary/aromatic N) is 2. The van der Waals surface area contributed by atoms with Crippen molar-refractivity contribution in [3.05, 3.63) is 24.5 Å². The van der Waals surface area contributed by atoms with Gasteiger partial charge in [-0.3, -0.25) is 4.68 Å². The molecule has 2 heterocycles. The molecule has 0 atom stereocenters. The van der Waals surface area contributed by atoms with Gasteiger partial charge in [0.05, 0.1) is 13.1 Å². The average molecular weight is 108 g/mol. The molecule has 0 N–H and O–H groups in total. The second-order valence-electron chi connectivity index (χ2n) is 2.02. The SMILES string of the molecule is c1ccn(N2CC2)c1. The number of hydrogen-bond acceptors (Lipinski definition) is 1. The van der Waals surface area contributed by atoms with Crippen LogP contribution in [-0.2, 0) is 0 Å². The van der Waals surface area contributed by atoms with Crippen molar-refractivity contribution in [2.75, 3.05) is 18.1 Å². The first kappa shape index (κ1) is 4.01. The highest BCUT2D eigenvalue weighted by Crippen LogP contribution is 2.02. The number of rotatable bonds is 1. The van der Waals surface area contributed by atoms with E-state index in [2.05, 4.69) is 22.1 Å². The van der Waals surface area contributed by atoms with Crippen molar-refractivity contribution < 1.29 is 0 Å². The summed E-state index contributed by atoms with van der Waals surface area (Å²) in [6, 6.07) is 4.08. The molecule has 1 saturated heterocycles. The molecule has 1 aliphatic rings. The second kappa shape index (κ2) is 1.28. The first-order valence-corrected chi connectivity index (χ1v) is 2.85. The summed E-state index contributed by atoms with van der Waals surface area (Å²) in [7, 11) is 0. The topological polar surface area (TPSA) is 7.94 Å². The molecule has 0 bridgehead atoms. The molecule has 0 spiro atoms. The minimum atomic E-state index is 1.22. The fourth-order valence-electron chi connectivity index (χ4n) is 0.790. The minimum absolute atomic E-state index is 1.22. The van der Waals surface area contributed by atoms with Crippen molar-refractivity contribution in [2.24, 2.45) is 0 Å². The maximum Gasteiger partial charge on any atom is 0.0537 e. The molecule has 2 nitrogen and oxygen atoms in total. The van der Waals surface area contributed by atoms with Gasteiger partial charge in [-0.05, 0) is 12.1 Å². The molecule has 0 aromatic carbocycles. The maximum absolute atomic E-state index is 2.25. The quantitative estimate of drug-likeness (QED) is 0.474. The third-order valence-corrected chi connectivity index (χ3v) is 1.34. The van der Waals surface area contributed by atoms with Crippen LogP contribution in [0.3, 0.4) is 0 Å². The third kappa shape index (κ3) is 0.494. The van der Waals surface area contributed by atoms with Crippen molar-refractivity contribution in [2.45, 2.75) is 0 Å². The lowest BCUT2D eigenvalue weighted by Crippen LogP contribution is -2.07. The van der Waals surface area contributed by atoms with E-state index in [1.807, 2.05) is 12.1 Å². The van der Waals surface area contributed by atoms with Crippen LogP contribution in [0.25, 0.3) is 0 Å². The van der Waals surface area contributed by atoms with Crippen LogP contribution < -0.4 is 5.01 Å². The Morgan fingerprint density at radius 3 is 2.12 bits per heavy atom. The minimum Gasteiger partial charge on any atom is -0.310 e. The lowest BCUT2D eigenvalue weighted by molar-refractivity contribution is 0.846. The third-order valence-electron chi connectivity index (χ3n) is 1.34. The van der Waals surface area contributed by atoms with E-state index in [-0.39, 0.29) is 0 Å². The highest BCUT2D eigenvalue weighted by Gasteiger charge is 2.15. The monoisotopic (exact) mass is 108 g/mol. The zero-order valence-corrected chi connectivity index (χ0v) is 4.62. The Balaban J connectivity index is 2.28. The molecule has 1 aromatic rings. The van der Waals surface area contributed by atoms with E-state index >= 15 is 0 Å². The van der Waals surface area contributed by atoms with Gasteiger partial charge >= 0.3 is 0 Å². The summed E-state index contributed by atoms with van der Waals surface area (Å²) in [5.41, 5.74) is 0. The molecule has 0 aliphatic carbocycles. The Bertz CT molecular complexity index is 163. The fraction of sp³-hybridized carbons (Fsp3) is 0.333. The molecule has 0 saturated carbocycles. The molecule has 8 heavy (non-hydrogen) atoms. The van der Waals surface area contributed by atoms with Gasteiger partial charge in [0.2, 0.25) is 0 Å². The lowest BCUT2D eigenvalue weighted by Gasteiger charge is -1.99. The summed E-state index contributed by atoms with van der Waals surface area (Å²) in [6.45, 7) is 2.43. The van der Waals surface area contributed by atoms with Gasteiger partial charge in [-0.1, -0.05) is 0 Å². The van der Waals surface area contributed by atoms with Crippen molar-refractivity contribution in [3.63, 3.8) is 0 Å². The zero-order valence-electron chi connectivity index (χ0n) is 4.62. The first-order chi connectivity index (χ1) is 3.97. The van der Waals surface area contributed by atoms with Crippen LogP contribution in [0.1, 0.15) is 0 Å². The highest BCUT2D eigenvalue weighted by molar-refractivity contribution is 5.06. The van der Waals surface area contributed by atoms with Gasteiger partial charge in [-0.2, -0.15) is 0 Å². The summed E-state index contributed by atoms with van der Waals surface area (Å²) >= 11 is 0. The maximum atomic E-state index is 2.25. The molecule has 1 aromatic heterocycles. The van der Waals surface area contributed by atoms with Crippen molar-refractivity contribution in [3.8, 4) is 0 Å². The molecular weight excluding hydrogens is 100 g/mol. The molecule has 42 valence electrons. The summed E-state index contributed by atoms with van der Waals surface area (Å²) in [6.07, 6.45) is 4.12. The van der Waals surface area contributed by atoms with E-state index < -0.39 is 0 Å². The molecule has 0 radical (unpaired) electrons. The number of aromatic nitrogens is 1. The molecule has 1 fully saturated rings. The Hall–Kier alpha value is -0.920. The van der Waals surface area contributed by atoms with Crippen LogP contribution in [0.2, 0.25) is 0 Å². The normalized spacial score (nSPS) is 16.8. The van der Waals surface area contributed by atoms with Crippen molar-refractivity contribution in [1.29, 1.82) is 0 Å². The van der Waals surface area contributed by atoms with E-state index in [0.29, 0.717) is 0 Å². The van der Waals surface area contributed by atoms with Crippen LogP contribution in [-0.4, -0.2) is 17.8 Å². The van der Waals surface area contributed by atoms with E-state index in [0.717, 1.165) is 0 Å². The predicted octanol–water partition coefficient (Wildman–Crippen LogP) is 0.440. The largest absolute Gasteiger partial charge is 0.310 e. The van der Waals surface area contributed by atoms with Crippen LogP contribution in [0, 0.1) is 0 Å². The van der Waals surface area contributed by atoms with E-state index in [4.69, 9.17) is 0 Å². The van der Waals surface area contributed by atoms with Crippen LogP contribution >= 0.6 is 0 Å². The summed E-state index contributed by atoms with van der Waals surface area (Å²) in [5, 5.41) is 2.25. The molecule has 0 amide bonds. The molecule has 2 rings (SSSR count).